The first-order valence-electron chi connectivity index (χ1n) is 7.78. The van der Waals surface area contributed by atoms with E-state index in [0.29, 0.717) is 29.6 Å². The molecule has 0 aliphatic heterocycles. The molecule has 0 heterocycles. The summed E-state index contributed by atoms with van der Waals surface area (Å²) in [7, 11) is 3.26. The lowest BCUT2D eigenvalue weighted by Crippen LogP contribution is -2.37. The van der Waals surface area contributed by atoms with Gasteiger partial charge in [0.25, 0.3) is 0 Å². The van der Waals surface area contributed by atoms with Gasteiger partial charge in [0.05, 0.1) is 7.11 Å². The first-order valence-corrected chi connectivity index (χ1v) is 8.15. The lowest BCUT2D eigenvalue weighted by molar-refractivity contribution is 0.414. The summed E-state index contributed by atoms with van der Waals surface area (Å²) in [6, 6.07) is 9.84. The van der Waals surface area contributed by atoms with E-state index in [1.807, 2.05) is 12.1 Å². The standard InChI is InChI=1S/C18H21ClFN3O2/c1-21-18(23-11-12-3-6-17(24)16(20)9-12)22-8-7-13-4-5-14(25-2)10-15(13)19/h3-6,9-10,24H,7-8,11H2,1-2H3,(H2,21,22,23). The number of ether oxygens (including phenoxy) is 1. The third-order valence-electron chi connectivity index (χ3n) is 3.64. The Balaban J connectivity index is 1.83. The van der Waals surface area contributed by atoms with Crippen molar-refractivity contribution >= 4 is 17.6 Å². The van der Waals surface area contributed by atoms with Gasteiger partial charge in [-0.1, -0.05) is 23.7 Å². The number of benzene rings is 2. The van der Waals surface area contributed by atoms with Crippen LogP contribution >= 0.6 is 11.6 Å². The molecule has 0 amide bonds. The Morgan fingerprint density at radius 1 is 1.24 bits per heavy atom. The second-order valence-corrected chi connectivity index (χ2v) is 5.75. The van der Waals surface area contributed by atoms with Gasteiger partial charge in [-0.05, 0) is 41.8 Å². The Bertz CT molecular complexity index is 753. The maximum absolute atomic E-state index is 13.3. The quantitative estimate of drug-likeness (QED) is 0.543. The van der Waals surface area contributed by atoms with Gasteiger partial charge in [-0.15, -0.1) is 0 Å². The van der Waals surface area contributed by atoms with Crippen molar-refractivity contribution in [3.05, 3.63) is 58.4 Å². The molecule has 2 aromatic rings. The first-order chi connectivity index (χ1) is 12.0. The first kappa shape index (κ1) is 18.9. The predicted octanol–water partition coefficient (Wildman–Crippen LogP) is 3.10. The lowest BCUT2D eigenvalue weighted by atomic mass is 10.1. The molecule has 0 fully saturated rings. The molecule has 0 saturated heterocycles. The van der Waals surface area contributed by atoms with Crippen molar-refractivity contribution in [2.24, 2.45) is 4.99 Å². The fourth-order valence-corrected chi connectivity index (χ4v) is 2.51. The van der Waals surface area contributed by atoms with Gasteiger partial charge in [-0.2, -0.15) is 0 Å². The number of nitrogens with zero attached hydrogens (tertiary/aromatic N) is 1. The van der Waals surface area contributed by atoms with Gasteiger partial charge in [-0.25, -0.2) is 4.39 Å². The molecule has 0 aromatic heterocycles. The maximum atomic E-state index is 13.3. The molecule has 0 unspecified atom stereocenters. The molecule has 0 saturated carbocycles. The molecule has 0 spiro atoms. The molecule has 0 radical (unpaired) electrons. The minimum absolute atomic E-state index is 0.359. The second kappa shape index (κ2) is 9.13. The van der Waals surface area contributed by atoms with Gasteiger partial charge in [0, 0.05) is 25.2 Å². The number of guanidine groups is 1. The summed E-state index contributed by atoms with van der Waals surface area (Å²) in [4.78, 5) is 4.12. The van der Waals surface area contributed by atoms with Crippen molar-refractivity contribution in [1.29, 1.82) is 0 Å². The van der Waals surface area contributed by atoms with Gasteiger partial charge in [0.15, 0.2) is 17.5 Å². The highest BCUT2D eigenvalue weighted by Gasteiger charge is 2.05. The molecular formula is C18H21ClFN3O2. The molecule has 5 nitrogen and oxygen atoms in total. The highest BCUT2D eigenvalue weighted by molar-refractivity contribution is 6.31. The molecule has 2 aromatic carbocycles. The predicted molar refractivity (Wildman–Crippen MR) is 98.0 cm³/mol. The zero-order valence-electron chi connectivity index (χ0n) is 14.1. The van der Waals surface area contributed by atoms with Gasteiger partial charge in [0.2, 0.25) is 0 Å². The molecule has 0 aliphatic carbocycles. The van der Waals surface area contributed by atoms with Crippen LogP contribution in [0.5, 0.6) is 11.5 Å². The number of hydrogen-bond donors (Lipinski definition) is 3. The van der Waals surface area contributed by atoms with Crippen LogP contribution in [0.2, 0.25) is 5.02 Å². The number of phenolic OH excluding ortho intramolecular Hbond substituents is 1. The number of hydrogen-bond acceptors (Lipinski definition) is 3. The summed E-state index contributed by atoms with van der Waals surface area (Å²) in [5.74, 6) is 0.317. The van der Waals surface area contributed by atoms with Crippen molar-refractivity contribution in [1.82, 2.24) is 10.6 Å². The topological polar surface area (TPSA) is 65.9 Å². The number of methoxy groups -OCH3 is 1. The molecular weight excluding hydrogens is 345 g/mol. The Morgan fingerprint density at radius 2 is 2.04 bits per heavy atom. The second-order valence-electron chi connectivity index (χ2n) is 5.35. The van der Waals surface area contributed by atoms with Crippen LogP contribution in [0, 0.1) is 5.82 Å². The van der Waals surface area contributed by atoms with E-state index >= 15 is 0 Å². The van der Waals surface area contributed by atoms with Gasteiger partial charge >= 0.3 is 0 Å². The van der Waals surface area contributed by atoms with Crippen LogP contribution < -0.4 is 15.4 Å². The molecule has 7 heteroatoms. The monoisotopic (exact) mass is 365 g/mol. The highest BCUT2D eigenvalue weighted by Crippen LogP contribution is 2.22. The van der Waals surface area contributed by atoms with E-state index in [9.17, 15) is 9.50 Å². The van der Waals surface area contributed by atoms with Crippen molar-refractivity contribution in [3.8, 4) is 11.5 Å². The lowest BCUT2D eigenvalue weighted by Gasteiger charge is -2.13. The van der Waals surface area contributed by atoms with E-state index < -0.39 is 5.82 Å². The molecule has 3 N–H and O–H groups in total. The highest BCUT2D eigenvalue weighted by atomic mass is 35.5. The largest absolute Gasteiger partial charge is 0.505 e. The van der Waals surface area contributed by atoms with E-state index in [4.69, 9.17) is 16.3 Å². The third-order valence-corrected chi connectivity index (χ3v) is 3.99. The van der Waals surface area contributed by atoms with Crippen LogP contribution in [0.25, 0.3) is 0 Å². The summed E-state index contributed by atoms with van der Waals surface area (Å²) in [6.07, 6.45) is 0.720. The fourth-order valence-electron chi connectivity index (χ4n) is 2.24. The molecule has 2 rings (SSSR count). The summed E-state index contributed by atoms with van der Waals surface area (Å²) in [5.41, 5.74) is 1.71. The number of aliphatic imine (C=N–C) groups is 1. The minimum atomic E-state index is -0.642. The number of aromatic hydroxyl groups is 1. The van der Waals surface area contributed by atoms with Crippen LogP contribution in [0.4, 0.5) is 4.39 Å². The number of rotatable bonds is 6. The van der Waals surface area contributed by atoms with Gasteiger partial charge in [-0.3, -0.25) is 4.99 Å². The van der Waals surface area contributed by atoms with E-state index in [1.54, 1.807) is 26.3 Å². The number of halogens is 2. The molecule has 0 aliphatic rings. The average Bonchev–Trinajstić information content (AvgIpc) is 2.61. The SMILES string of the molecule is CN=C(NCCc1ccc(OC)cc1Cl)NCc1ccc(O)c(F)c1. The summed E-state index contributed by atoms with van der Waals surface area (Å²) >= 11 is 6.22. The average molecular weight is 366 g/mol. The van der Waals surface area contributed by atoms with E-state index in [1.165, 1.54) is 12.1 Å². The Hall–Kier alpha value is -2.47. The zero-order chi connectivity index (χ0) is 18.2. The normalized spacial score (nSPS) is 11.3. The molecule has 134 valence electrons. The van der Waals surface area contributed by atoms with Crippen LogP contribution in [0.3, 0.4) is 0 Å². The zero-order valence-corrected chi connectivity index (χ0v) is 14.9. The van der Waals surface area contributed by atoms with Gasteiger partial charge < -0.3 is 20.5 Å². The van der Waals surface area contributed by atoms with Crippen molar-refractivity contribution in [2.45, 2.75) is 13.0 Å². The van der Waals surface area contributed by atoms with Crippen LogP contribution in [0.1, 0.15) is 11.1 Å². The number of nitrogens with one attached hydrogen (secondary N) is 2. The van der Waals surface area contributed by atoms with Gasteiger partial charge in [0.1, 0.15) is 5.75 Å². The van der Waals surface area contributed by atoms with Crippen molar-refractivity contribution in [2.75, 3.05) is 20.7 Å². The maximum Gasteiger partial charge on any atom is 0.191 e. The smallest absolute Gasteiger partial charge is 0.191 e. The molecule has 0 bridgehead atoms. The van der Waals surface area contributed by atoms with E-state index in [2.05, 4.69) is 15.6 Å². The van der Waals surface area contributed by atoms with Crippen LogP contribution in [0.15, 0.2) is 41.4 Å². The minimum Gasteiger partial charge on any atom is -0.505 e. The van der Waals surface area contributed by atoms with Crippen molar-refractivity contribution in [3.63, 3.8) is 0 Å². The fraction of sp³-hybridized carbons (Fsp3) is 0.278. The van der Waals surface area contributed by atoms with Crippen molar-refractivity contribution < 1.29 is 14.2 Å². The number of phenols is 1. The van der Waals surface area contributed by atoms with Crippen LogP contribution in [-0.2, 0) is 13.0 Å². The Labute approximate surface area is 151 Å². The summed E-state index contributed by atoms with van der Waals surface area (Å²) in [5, 5.41) is 16.1. The molecule has 25 heavy (non-hydrogen) atoms. The summed E-state index contributed by atoms with van der Waals surface area (Å²) < 4.78 is 18.5. The Kier molecular flexibility index (Phi) is 6.89. The van der Waals surface area contributed by atoms with Crippen LogP contribution in [-0.4, -0.2) is 31.8 Å². The molecule has 0 atom stereocenters. The van der Waals surface area contributed by atoms with E-state index in [-0.39, 0.29) is 5.75 Å². The Morgan fingerprint density at radius 3 is 2.68 bits per heavy atom. The summed E-state index contributed by atoms with van der Waals surface area (Å²) in [6.45, 7) is 1.02. The van der Waals surface area contributed by atoms with E-state index in [0.717, 1.165) is 17.7 Å². The third kappa shape index (κ3) is 5.53.